The van der Waals surface area contributed by atoms with Gasteiger partial charge in [0, 0.05) is 13.6 Å². The van der Waals surface area contributed by atoms with Crippen LogP contribution in [0.1, 0.15) is 10.4 Å². The van der Waals surface area contributed by atoms with Crippen LogP contribution in [0, 0.1) is 11.8 Å². The third-order valence-corrected chi connectivity index (χ3v) is 5.51. The Balaban J connectivity index is 2.14. The summed E-state index contributed by atoms with van der Waals surface area (Å²) in [6.07, 6.45) is 0. The summed E-state index contributed by atoms with van der Waals surface area (Å²) in [5.74, 6) is 5.38. The van der Waals surface area contributed by atoms with Crippen molar-refractivity contribution in [1.82, 2.24) is 4.31 Å². The van der Waals surface area contributed by atoms with Crippen LogP contribution in [0.15, 0.2) is 46.7 Å². The van der Waals surface area contributed by atoms with Crippen LogP contribution in [0.2, 0.25) is 0 Å². The Hall–Kier alpha value is -1.65. The molecule has 2 rings (SSSR count). The third-order valence-electron chi connectivity index (χ3n) is 2.80. The lowest BCUT2D eigenvalue weighted by molar-refractivity contribution is 0.350. The smallest absolute Gasteiger partial charge is 0.243 e. The zero-order valence-electron chi connectivity index (χ0n) is 11.5. The first-order valence-electron chi connectivity index (χ1n) is 6.22. The molecule has 1 N–H and O–H groups in total. The summed E-state index contributed by atoms with van der Waals surface area (Å²) in [7, 11) is -1.93. The van der Waals surface area contributed by atoms with Crippen LogP contribution in [0.4, 0.5) is 0 Å². The van der Waals surface area contributed by atoms with Gasteiger partial charge in [-0.15, -0.1) is 11.3 Å². The molecule has 2 aromatic rings. The van der Waals surface area contributed by atoms with Crippen molar-refractivity contribution in [1.29, 1.82) is 0 Å². The van der Waals surface area contributed by atoms with Crippen molar-refractivity contribution < 1.29 is 13.5 Å². The molecule has 0 unspecified atom stereocenters. The molecule has 1 heterocycles. The monoisotopic (exact) mass is 321 g/mol. The van der Waals surface area contributed by atoms with E-state index < -0.39 is 10.0 Å². The van der Waals surface area contributed by atoms with E-state index in [0.29, 0.717) is 0 Å². The molecule has 0 aliphatic rings. The Morgan fingerprint density at radius 2 is 2.00 bits per heavy atom. The highest BCUT2D eigenvalue weighted by Gasteiger charge is 2.20. The largest absolute Gasteiger partial charge is 0.384 e. The minimum atomic E-state index is -3.48. The minimum Gasteiger partial charge on any atom is -0.384 e. The quantitative estimate of drug-likeness (QED) is 0.875. The Morgan fingerprint density at radius 3 is 2.67 bits per heavy atom. The Bertz CT molecular complexity index is 755. The van der Waals surface area contributed by atoms with Gasteiger partial charge in [-0.1, -0.05) is 30.0 Å². The molecule has 0 saturated heterocycles. The fraction of sp³-hybridized carbons (Fsp3) is 0.200. The Kier molecular flexibility index (Phi) is 5.15. The average molecular weight is 321 g/mol. The van der Waals surface area contributed by atoms with Crippen molar-refractivity contribution in [2.45, 2.75) is 11.4 Å². The van der Waals surface area contributed by atoms with E-state index in [0.717, 1.165) is 10.4 Å². The summed E-state index contributed by atoms with van der Waals surface area (Å²) >= 11 is 1.43. The highest BCUT2D eigenvalue weighted by Crippen LogP contribution is 2.19. The molecular weight excluding hydrogens is 306 g/mol. The van der Waals surface area contributed by atoms with Gasteiger partial charge < -0.3 is 5.11 Å². The molecule has 4 nitrogen and oxygen atoms in total. The first-order chi connectivity index (χ1) is 10.0. The molecule has 0 aliphatic heterocycles. The van der Waals surface area contributed by atoms with Crippen LogP contribution in [-0.4, -0.2) is 31.5 Å². The summed E-state index contributed by atoms with van der Waals surface area (Å²) in [4.78, 5) is 1.09. The predicted octanol–water partition coefficient (Wildman–Crippen LogP) is 1.91. The number of hydrogen-bond acceptors (Lipinski definition) is 4. The molecule has 0 fully saturated rings. The van der Waals surface area contributed by atoms with Gasteiger partial charge in [-0.2, -0.15) is 4.31 Å². The molecule has 0 radical (unpaired) electrons. The zero-order valence-corrected chi connectivity index (χ0v) is 13.1. The summed E-state index contributed by atoms with van der Waals surface area (Å²) in [6, 6.07) is 10.2. The normalized spacial score (nSPS) is 11.2. The van der Waals surface area contributed by atoms with E-state index >= 15 is 0 Å². The van der Waals surface area contributed by atoms with Crippen molar-refractivity contribution in [3.05, 3.63) is 52.2 Å². The number of benzene rings is 1. The van der Waals surface area contributed by atoms with E-state index in [1.165, 1.54) is 15.6 Å². The lowest BCUT2D eigenvalue weighted by Crippen LogP contribution is -2.26. The van der Waals surface area contributed by atoms with Crippen LogP contribution in [0.3, 0.4) is 0 Å². The van der Waals surface area contributed by atoms with Crippen molar-refractivity contribution in [2.75, 3.05) is 13.7 Å². The Morgan fingerprint density at radius 1 is 1.29 bits per heavy atom. The standard InChI is InChI=1S/C15H15NO3S2/c1-16(21(18,19)15-7-3-2-4-8-15)11-13-10-14(20-12-13)6-5-9-17/h2-4,7-8,10,12,17H,9,11H2,1H3. The molecule has 0 aliphatic carbocycles. The molecule has 0 bridgehead atoms. The first-order valence-corrected chi connectivity index (χ1v) is 8.54. The van der Waals surface area contributed by atoms with Gasteiger partial charge in [-0.25, -0.2) is 8.42 Å². The number of rotatable bonds is 4. The molecule has 0 amide bonds. The fourth-order valence-electron chi connectivity index (χ4n) is 1.77. The number of aliphatic hydroxyl groups is 1. The van der Waals surface area contributed by atoms with E-state index in [1.54, 1.807) is 37.4 Å². The number of hydrogen-bond donors (Lipinski definition) is 1. The SMILES string of the molecule is CN(Cc1csc(C#CCO)c1)S(=O)(=O)c1ccccc1. The highest BCUT2D eigenvalue weighted by atomic mass is 32.2. The van der Waals surface area contributed by atoms with Crippen LogP contribution < -0.4 is 0 Å². The minimum absolute atomic E-state index is 0.185. The maximum atomic E-state index is 12.4. The van der Waals surface area contributed by atoms with Crippen LogP contribution in [0.25, 0.3) is 0 Å². The van der Waals surface area contributed by atoms with Gasteiger partial charge in [-0.05, 0) is 29.1 Å². The lowest BCUT2D eigenvalue weighted by Gasteiger charge is -2.16. The predicted molar refractivity (Wildman–Crippen MR) is 83.4 cm³/mol. The van der Waals surface area contributed by atoms with E-state index in [-0.39, 0.29) is 18.0 Å². The van der Waals surface area contributed by atoms with E-state index in [2.05, 4.69) is 11.8 Å². The van der Waals surface area contributed by atoms with Crippen LogP contribution >= 0.6 is 11.3 Å². The molecule has 0 spiro atoms. The number of nitrogens with zero attached hydrogens (tertiary/aromatic N) is 1. The van der Waals surface area contributed by atoms with Gasteiger partial charge in [0.25, 0.3) is 0 Å². The molecule has 21 heavy (non-hydrogen) atoms. The van der Waals surface area contributed by atoms with Crippen molar-refractivity contribution in [2.24, 2.45) is 0 Å². The summed E-state index contributed by atoms with van der Waals surface area (Å²) in [6.45, 7) is 0.101. The van der Waals surface area contributed by atoms with Gasteiger partial charge in [0.05, 0.1) is 9.77 Å². The van der Waals surface area contributed by atoms with Gasteiger partial charge >= 0.3 is 0 Å². The maximum Gasteiger partial charge on any atom is 0.243 e. The van der Waals surface area contributed by atoms with E-state index in [1.807, 2.05) is 11.4 Å². The molecule has 1 aromatic carbocycles. The van der Waals surface area contributed by atoms with Crippen LogP contribution in [0.5, 0.6) is 0 Å². The second-order valence-corrected chi connectivity index (χ2v) is 7.31. The van der Waals surface area contributed by atoms with E-state index in [9.17, 15) is 8.42 Å². The second-order valence-electron chi connectivity index (χ2n) is 4.35. The topological polar surface area (TPSA) is 57.6 Å². The van der Waals surface area contributed by atoms with Crippen molar-refractivity contribution >= 4 is 21.4 Å². The van der Waals surface area contributed by atoms with Crippen LogP contribution in [-0.2, 0) is 16.6 Å². The van der Waals surface area contributed by atoms with Crippen molar-refractivity contribution in [3.8, 4) is 11.8 Å². The third kappa shape index (κ3) is 3.93. The van der Waals surface area contributed by atoms with E-state index in [4.69, 9.17) is 5.11 Å². The number of sulfonamides is 1. The number of thiophene rings is 1. The molecule has 0 atom stereocenters. The molecule has 110 valence electrons. The highest BCUT2D eigenvalue weighted by molar-refractivity contribution is 7.89. The van der Waals surface area contributed by atoms with Gasteiger partial charge in [0.2, 0.25) is 10.0 Å². The second kappa shape index (κ2) is 6.87. The summed E-state index contributed by atoms with van der Waals surface area (Å²) < 4.78 is 26.1. The molecule has 1 aromatic heterocycles. The maximum absolute atomic E-state index is 12.4. The first kappa shape index (κ1) is 15.7. The zero-order chi connectivity index (χ0) is 15.3. The molecule has 6 heteroatoms. The van der Waals surface area contributed by atoms with Gasteiger partial charge in [-0.3, -0.25) is 0 Å². The molecule has 0 saturated carbocycles. The molecular formula is C15H15NO3S2. The van der Waals surface area contributed by atoms with Gasteiger partial charge in [0.15, 0.2) is 0 Å². The van der Waals surface area contributed by atoms with Gasteiger partial charge in [0.1, 0.15) is 6.61 Å². The lowest BCUT2D eigenvalue weighted by atomic mass is 10.3. The Labute approximate surface area is 128 Å². The summed E-state index contributed by atoms with van der Waals surface area (Å²) in [5.41, 5.74) is 0.879. The van der Waals surface area contributed by atoms with Crippen molar-refractivity contribution in [3.63, 3.8) is 0 Å². The average Bonchev–Trinajstić information content (AvgIpc) is 2.93. The fourth-order valence-corrected chi connectivity index (χ4v) is 3.72. The number of aliphatic hydroxyl groups excluding tert-OH is 1. The summed E-state index contributed by atoms with van der Waals surface area (Å²) in [5, 5.41) is 10.5.